The molecule has 0 aromatic rings. The molecular weight excluding hydrogens is 232 g/mol. The Labute approximate surface area is 95.5 Å². The highest BCUT2D eigenvalue weighted by atomic mass is 32.2. The molecule has 0 fully saturated rings. The number of unbranched alkanes of at least 4 members (excludes halogenated alkanes) is 2. The third kappa shape index (κ3) is 7.23. The van der Waals surface area contributed by atoms with Gasteiger partial charge in [0.15, 0.2) is 0 Å². The predicted octanol–water partition coefficient (Wildman–Crippen LogP) is 1.67. The molecule has 0 saturated heterocycles. The lowest BCUT2D eigenvalue weighted by molar-refractivity contribution is -0.137. The molecule has 0 spiro atoms. The summed E-state index contributed by atoms with van der Waals surface area (Å²) in [6.45, 7) is 5.35. The van der Waals surface area contributed by atoms with Gasteiger partial charge in [-0.2, -0.15) is 8.42 Å². The fraction of sp³-hybridized carbons (Fsp3) is 0.600. The molecule has 0 amide bonds. The lowest BCUT2D eigenvalue weighted by Gasteiger charge is -2.04. The molecule has 1 N–H and O–H groups in total. The molecular formula is C10H16O5S. The van der Waals surface area contributed by atoms with E-state index in [0.717, 1.165) is 19.3 Å². The Morgan fingerprint density at radius 2 is 2.06 bits per heavy atom. The van der Waals surface area contributed by atoms with Crippen molar-refractivity contribution in [3.63, 3.8) is 0 Å². The van der Waals surface area contributed by atoms with Crippen molar-refractivity contribution in [2.45, 2.75) is 32.6 Å². The van der Waals surface area contributed by atoms with Gasteiger partial charge in [0, 0.05) is 0 Å². The molecule has 0 bridgehead atoms. The molecule has 0 unspecified atom stereocenters. The van der Waals surface area contributed by atoms with Crippen molar-refractivity contribution in [1.82, 2.24) is 0 Å². The molecule has 16 heavy (non-hydrogen) atoms. The van der Waals surface area contributed by atoms with Gasteiger partial charge in [0.25, 0.3) is 0 Å². The molecule has 0 aliphatic rings. The number of carbonyl (C=O) groups is 1. The van der Waals surface area contributed by atoms with E-state index in [1.807, 2.05) is 6.92 Å². The molecule has 0 rings (SSSR count). The van der Waals surface area contributed by atoms with Crippen molar-refractivity contribution >= 4 is 16.1 Å². The number of hydrogen-bond donors (Lipinski definition) is 1. The van der Waals surface area contributed by atoms with Gasteiger partial charge in [0.05, 0.1) is 5.57 Å². The quantitative estimate of drug-likeness (QED) is 0.244. The Balaban J connectivity index is 4.18. The van der Waals surface area contributed by atoms with Crippen LogP contribution in [-0.4, -0.2) is 24.9 Å². The minimum atomic E-state index is -4.29. The SMILES string of the molecule is C=C=C(CCCCC)C(=O)OCS(=O)(=O)O. The van der Waals surface area contributed by atoms with Gasteiger partial charge in [-0.3, -0.25) is 4.55 Å². The maximum atomic E-state index is 11.3. The summed E-state index contributed by atoms with van der Waals surface area (Å²) >= 11 is 0. The van der Waals surface area contributed by atoms with Crippen LogP contribution in [0.2, 0.25) is 0 Å². The number of carbonyl (C=O) groups excluding carboxylic acids is 1. The van der Waals surface area contributed by atoms with E-state index in [2.05, 4.69) is 17.0 Å². The van der Waals surface area contributed by atoms with Crippen LogP contribution in [0.3, 0.4) is 0 Å². The number of rotatable bonds is 7. The summed E-state index contributed by atoms with van der Waals surface area (Å²) in [6, 6.07) is 0. The smallest absolute Gasteiger partial charge is 0.342 e. The van der Waals surface area contributed by atoms with Gasteiger partial charge in [-0.15, -0.1) is 5.73 Å². The van der Waals surface area contributed by atoms with Crippen molar-refractivity contribution < 1.29 is 22.5 Å². The van der Waals surface area contributed by atoms with E-state index in [1.165, 1.54) is 0 Å². The second kappa shape index (κ2) is 7.22. The monoisotopic (exact) mass is 248 g/mol. The highest BCUT2D eigenvalue weighted by Gasteiger charge is 2.14. The molecule has 0 atom stereocenters. The van der Waals surface area contributed by atoms with Crippen LogP contribution in [0.1, 0.15) is 32.6 Å². The molecule has 6 heteroatoms. The Hall–Kier alpha value is -1.10. The maximum absolute atomic E-state index is 11.3. The van der Waals surface area contributed by atoms with Crippen LogP contribution in [0.4, 0.5) is 0 Å². The third-order valence-corrected chi connectivity index (χ3v) is 2.24. The molecule has 0 heterocycles. The van der Waals surface area contributed by atoms with Crippen LogP contribution in [0, 0.1) is 0 Å². The predicted molar refractivity (Wildman–Crippen MR) is 59.3 cm³/mol. The normalized spacial score (nSPS) is 10.6. The Kier molecular flexibility index (Phi) is 6.72. The van der Waals surface area contributed by atoms with Gasteiger partial charge in [0.2, 0.25) is 5.94 Å². The molecule has 0 saturated carbocycles. The summed E-state index contributed by atoms with van der Waals surface area (Å²) in [5.74, 6) is -1.84. The fourth-order valence-electron chi connectivity index (χ4n) is 1.03. The zero-order valence-electron chi connectivity index (χ0n) is 9.23. The van der Waals surface area contributed by atoms with Crippen molar-refractivity contribution in [2.75, 3.05) is 5.94 Å². The molecule has 0 aliphatic carbocycles. The van der Waals surface area contributed by atoms with Crippen molar-refractivity contribution in [2.24, 2.45) is 0 Å². The van der Waals surface area contributed by atoms with Crippen LogP contribution in [-0.2, 0) is 19.6 Å². The minimum Gasteiger partial charge on any atom is -0.443 e. The van der Waals surface area contributed by atoms with Crippen LogP contribution < -0.4 is 0 Å². The molecule has 0 aromatic carbocycles. The number of hydrogen-bond acceptors (Lipinski definition) is 4. The Bertz CT molecular complexity index is 376. The average molecular weight is 248 g/mol. The van der Waals surface area contributed by atoms with Crippen LogP contribution in [0.5, 0.6) is 0 Å². The van der Waals surface area contributed by atoms with E-state index in [-0.39, 0.29) is 5.57 Å². The fourth-order valence-corrected chi connectivity index (χ4v) is 1.29. The zero-order valence-corrected chi connectivity index (χ0v) is 10.0. The minimum absolute atomic E-state index is 0.206. The molecule has 92 valence electrons. The molecule has 0 aromatic heterocycles. The highest BCUT2D eigenvalue weighted by molar-refractivity contribution is 7.85. The summed E-state index contributed by atoms with van der Waals surface area (Å²) in [4.78, 5) is 11.3. The summed E-state index contributed by atoms with van der Waals surface area (Å²) < 4.78 is 33.4. The van der Waals surface area contributed by atoms with E-state index in [9.17, 15) is 13.2 Å². The van der Waals surface area contributed by atoms with Crippen molar-refractivity contribution in [1.29, 1.82) is 0 Å². The third-order valence-electron chi connectivity index (χ3n) is 1.83. The Morgan fingerprint density at radius 3 is 2.50 bits per heavy atom. The lowest BCUT2D eigenvalue weighted by Crippen LogP contribution is -2.14. The zero-order chi connectivity index (χ0) is 12.6. The standard InChI is InChI=1S/C10H16O5S/c1-3-5-6-7-9(4-2)10(11)15-8-16(12,13)14/h2-3,5-8H2,1H3,(H,12,13,14). The first-order valence-corrected chi connectivity index (χ1v) is 6.52. The van der Waals surface area contributed by atoms with Crippen LogP contribution >= 0.6 is 0 Å². The van der Waals surface area contributed by atoms with Crippen molar-refractivity contribution in [3.8, 4) is 0 Å². The Morgan fingerprint density at radius 1 is 1.44 bits per heavy atom. The van der Waals surface area contributed by atoms with Gasteiger partial charge < -0.3 is 4.74 Å². The first-order chi connectivity index (χ1) is 7.40. The molecule has 0 radical (unpaired) electrons. The van der Waals surface area contributed by atoms with E-state index < -0.39 is 22.0 Å². The van der Waals surface area contributed by atoms with Gasteiger partial charge in [-0.25, -0.2) is 4.79 Å². The second-order valence-corrected chi connectivity index (χ2v) is 4.64. The second-order valence-electron chi connectivity index (χ2n) is 3.24. The first-order valence-electron chi connectivity index (χ1n) is 4.92. The van der Waals surface area contributed by atoms with Gasteiger partial charge >= 0.3 is 16.1 Å². The van der Waals surface area contributed by atoms with E-state index in [0.29, 0.717) is 6.42 Å². The lowest BCUT2D eigenvalue weighted by atomic mass is 10.1. The van der Waals surface area contributed by atoms with E-state index in [1.54, 1.807) is 0 Å². The van der Waals surface area contributed by atoms with Crippen LogP contribution in [0.25, 0.3) is 0 Å². The maximum Gasteiger partial charge on any atom is 0.342 e. The van der Waals surface area contributed by atoms with Gasteiger partial charge in [-0.05, 0) is 12.8 Å². The highest BCUT2D eigenvalue weighted by Crippen LogP contribution is 2.09. The summed E-state index contributed by atoms with van der Waals surface area (Å²) in [5.41, 5.74) is 2.62. The summed E-state index contributed by atoms with van der Waals surface area (Å²) in [6.07, 6.45) is 3.19. The molecule has 5 nitrogen and oxygen atoms in total. The van der Waals surface area contributed by atoms with E-state index >= 15 is 0 Å². The van der Waals surface area contributed by atoms with E-state index in [4.69, 9.17) is 4.55 Å². The van der Waals surface area contributed by atoms with Gasteiger partial charge in [0.1, 0.15) is 0 Å². The summed E-state index contributed by atoms with van der Waals surface area (Å²) in [5, 5.41) is 0. The molecule has 0 aliphatic heterocycles. The number of esters is 1. The van der Waals surface area contributed by atoms with Gasteiger partial charge in [-0.1, -0.05) is 26.3 Å². The number of ether oxygens (including phenoxy) is 1. The topological polar surface area (TPSA) is 80.7 Å². The first kappa shape index (κ1) is 14.9. The summed E-state index contributed by atoms with van der Waals surface area (Å²) in [7, 11) is -4.29. The largest absolute Gasteiger partial charge is 0.443 e. The average Bonchev–Trinajstić information content (AvgIpc) is 2.20. The van der Waals surface area contributed by atoms with Crippen LogP contribution in [0.15, 0.2) is 17.9 Å². The van der Waals surface area contributed by atoms with Crippen molar-refractivity contribution in [3.05, 3.63) is 17.9 Å².